The maximum absolute atomic E-state index is 12.4. The van der Waals surface area contributed by atoms with Crippen LogP contribution in [-0.2, 0) is 4.79 Å². The molecule has 6 heteroatoms. The van der Waals surface area contributed by atoms with Gasteiger partial charge in [0.25, 0.3) is 5.91 Å². The van der Waals surface area contributed by atoms with Gasteiger partial charge in [0.05, 0.1) is 5.56 Å². The van der Waals surface area contributed by atoms with Gasteiger partial charge in [0, 0.05) is 46.0 Å². The van der Waals surface area contributed by atoms with Crippen LogP contribution < -0.4 is 10.2 Å². The summed E-state index contributed by atoms with van der Waals surface area (Å²) in [6.07, 6.45) is 6.88. The third-order valence-electron chi connectivity index (χ3n) is 5.16. The van der Waals surface area contributed by atoms with Gasteiger partial charge in [0.15, 0.2) is 0 Å². The summed E-state index contributed by atoms with van der Waals surface area (Å²) < 4.78 is 0. The number of aromatic nitrogens is 1. The van der Waals surface area contributed by atoms with Crippen LogP contribution in [0.2, 0.25) is 0 Å². The third kappa shape index (κ3) is 5.91. The molecule has 1 aromatic carbocycles. The first-order valence-corrected chi connectivity index (χ1v) is 9.96. The third-order valence-corrected chi connectivity index (χ3v) is 5.16. The monoisotopic (exact) mass is 392 g/mol. The van der Waals surface area contributed by atoms with Gasteiger partial charge in [-0.05, 0) is 42.5 Å². The molecule has 2 heterocycles. The van der Waals surface area contributed by atoms with Crippen LogP contribution in [0.1, 0.15) is 28.8 Å². The van der Waals surface area contributed by atoms with Crippen molar-refractivity contribution in [3.8, 4) is 0 Å². The van der Waals surface area contributed by atoms with Crippen molar-refractivity contribution in [3.05, 3.63) is 65.9 Å². The number of piperidine rings is 1. The van der Waals surface area contributed by atoms with E-state index >= 15 is 0 Å². The van der Waals surface area contributed by atoms with Crippen LogP contribution in [0.25, 0.3) is 6.08 Å². The summed E-state index contributed by atoms with van der Waals surface area (Å²) in [5.41, 5.74) is 1.58. The highest BCUT2D eigenvalue weighted by Gasteiger charge is 2.22. The predicted octanol–water partition coefficient (Wildman–Crippen LogP) is 2.83. The fourth-order valence-corrected chi connectivity index (χ4v) is 3.32. The molecule has 0 spiro atoms. The number of nitrogens with one attached hydrogen (secondary N) is 1. The van der Waals surface area contributed by atoms with Crippen molar-refractivity contribution in [2.24, 2.45) is 5.92 Å². The first-order valence-electron chi connectivity index (χ1n) is 9.96. The molecule has 1 aliphatic rings. The van der Waals surface area contributed by atoms with Crippen molar-refractivity contribution < 1.29 is 9.59 Å². The number of nitrogens with zero attached hydrogens (tertiary/aromatic N) is 3. The van der Waals surface area contributed by atoms with E-state index < -0.39 is 0 Å². The lowest BCUT2D eigenvalue weighted by Gasteiger charge is -2.31. The molecule has 1 fully saturated rings. The molecule has 29 heavy (non-hydrogen) atoms. The topological polar surface area (TPSA) is 65.5 Å². The van der Waals surface area contributed by atoms with E-state index in [1.807, 2.05) is 66.4 Å². The molecule has 6 nitrogen and oxygen atoms in total. The minimum absolute atomic E-state index is 0.0448. The van der Waals surface area contributed by atoms with Crippen LogP contribution in [0.5, 0.6) is 0 Å². The Morgan fingerprint density at radius 3 is 2.48 bits per heavy atom. The summed E-state index contributed by atoms with van der Waals surface area (Å²) in [6, 6.07) is 13.4. The highest BCUT2D eigenvalue weighted by atomic mass is 16.2. The smallest absolute Gasteiger partial charge is 0.252 e. The SMILES string of the molecule is CN(C)c1ccc(C(=O)NCC2CCN(C(=O)/C=C/c3ccccc3)CC2)cn1. The number of benzene rings is 1. The maximum Gasteiger partial charge on any atom is 0.252 e. The van der Waals surface area contributed by atoms with Crippen molar-refractivity contribution in [3.63, 3.8) is 0 Å². The second-order valence-electron chi connectivity index (χ2n) is 7.52. The Hall–Kier alpha value is -3.15. The number of rotatable bonds is 6. The summed E-state index contributed by atoms with van der Waals surface area (Å²) in [7, 11) is 3.83. The molecule has 0 atom stereocenters. The molecule has 3 rings (SSSR count). The molecule has 0 bridgehead atoms. The van der Waals surface area contributed by atoms with Gasteiger partial charge < -0.3 is 15.1 Å². The minimum Gasteiger partial charge on any atom is -0.363 e. The van der Waals surface area contributed by atoms with Gasteiger partial charge in [-0.3, -0.25) is 9.59 Å². The average molecular weight is 393 g/mol. The van der Waals surface area contributed by atoms with Gasteiger partial charge in [0.1, 0.15) is 5.82 Å². The summed E-state index contributed by atoms with van der Waals surface area (Å²) in [5, 5.41) is 3.00. The van der Waals surface area contributed by atoms with E-state index in [1.54, 1.807) is 18.3 Å². The first-order chi connectivity index (χ1) is 14.0. The van der Waals surface area contributed by atoms with Gasteiger partial charge in [-0.25, -0.2) is 4.98 Å². The summed E-state index contributed by atoms with van der Waals surface area (Å²) >= 11 is 0. The van der Waals surface area contributed by atoms with E-state index in [4.69, 9.17) is 0 Å². The fraction of sp³-hybridized carbons (Fsp3) is 0.348. The molecule has 1 N–H and O–H groups in total. The number of hydrogen-bond acceptors (Lipinski definition) is 4. The zero-order valence-electron chi connectivity index (χ0n) is 17.0. The van der Waals surface area contributed by atoms with Crippen LogP contribution in [0, 0.1) is 5.92 Å². The molecule has 0 aliphatic carbocycles. The standard InChI is InChI=1S/C23H28N4O2/c1-26(2)21-10-9-20(17-24-21)23(29)25-16-19-12-14-27(15-13-19)22(28)11-8-18-6-4-3-5-7-18/h3-11,17,19H,12-16H2,1-2H3,(H,25,29)/b11-8+. The zero-order valence-corrected chi connectivity index (χ0v) is 17.0. The Kier molecular flexibility index (Phi) is 7.00. The lowest BCUT2D eigenvalue weighted by atomic mass is 9.96. The van der Waals surface area contributed by atoms with Crippen LogP contribution in [0.3, 0.4) is 0 Å². The van der Waals surface area contributed by atoms with Crippen LogP contribution in [-0.4, -0.2) is 55.4 Å². The Balaban J connectivity index is 1.42. The number of pyridine rings is 1. The molecule has 0 unspecified atom stereocenters. The van der Waals surface area contributed by atoms with E-state index in [9.17, 15) is 9.59 Å². The molecule has 0 radical (unpaired) electrons. The van der Waals surface area contributed by atoms with Gasteiger partial charge in [-0.15, -0.1) is 0 Å². The van der Waals surface area contributed by atoms with Crippen molar-refractivity contribution in [2.45, 2.75) is 12.8 Å². The molecule has 2 aromatic rings. The lowest BCUT2D eigenvalue weighted by Crippen LogP contribution is -2.41. The highest BCUT2D eigenvalue weighted by Crippen LogP contribution is 2.17. The Labute approximate surface area is 172 Å². The Morgan fingerprint density at radius 2 is 1.86 bits per heavy atom. The van der Waals surface area contributed by atoms with Crippen molar-refractivity contribution in [1.29, 1.82) is 0 Å². The molecule has 1 aromatic heterocycles. The maximum atomic E-state index is 12.4. The van der Waals surface area contributed by atoms with Crippen LogP contribution in [0.4, 0.5) is 5.82 Å². The second-order valence-corrected chi connectivity index (χ2v) is 7.52. The number of likely N-dealkylation sites (tertiary alicyclic amines) is 1. The Bertz CT molecular complexity index is 839. The molecule has 152 valence electrons. The first kappa shape index (κ1) is 20.6. The zero-order chi connectivity index (χ0) is 20.6. The number of anilines is 1. The van der Waals surface area contributed by atoms with Crippen molar-refractivity contribution >= 4 is 23.7 Å². The lowest BCUT2D eigenvalue weighted by molar-refractivity contribution is -0.127. The molecule has 2 amide bonds. The van der Waals surface area contributed by atoms with Gasteiger partial charge >= 0.3 is 0 Å². The molecule has 1 saturated heterocycles. The molecular weight excluding hydrogens is 364 g/mol. The van der Waals surface area contributed by atoms with E-state index in [1.165, 1.54) is 0 Å². The number of hydrogen-bond donors (Lipinski definition) is 1. The summed E-state index contributed by atoms with van der Waals surface area (Å²) in [6.45, 7) is 2.06. The highest BCUT2D eigenvalue weighted by molar-refractivity contribution is 5.94. The van der Waals surface area contributed by atoms with Gasteiger partial charge in [-0.2, -0.15) is 0 Å². The van der Waals surface area contributed by atoms with E-state index in [0.29, 0.717) is 18.0 Å². The molecule has 0 saturated carbocycles. The van der Waals surface area contributed by atoms with E-state index in [-0.39, 0.29) is 11.8 Å². The molecular formula is C23H28N4O2. The van der Waals surface area contributed by atoms with Gasteiger partial charge in [-0.1, -0.05) is 30.3 Å². The quantitative estimate of drug-likeness (QED) is 0.768. The summed E-state index contributed by atoms with van der Waals surface area (Å²) in [5.74, 6) is 1.14. The largest absolute Gasteiger partial charge is 0.363 e. The van der Waals surface area contributed by atoms with Gasteiger partial charge in [0.2, 0.25) is 5.91 Å². The fourth-order valence-electron chi connectivity index (χ4n) is 3.32. The summed E-state index contributed by atoms with van der Waals surface area (Å²) in [4.78, 5) is 32.7. The average Bonchev–Trinajstić information content (AvgIpc) is 2.77. The van der Waals surface area contributed by atoms with E-state index in [2.05, 4.69) is 10.3 Å². The minimum atomic E-state index is -0.105. The second kappa shape index (κ2) is 9.87. The normalized spacial score (nSPS) is 14.8. The van der Waals surface area contributed by atoms with Crippen molar-refractivity contribution in [2.75, 3.05) is 38.6 Å². The van der Waals surface area contributed by atoms with Crippen LogP contribution >= 0.6 is 0 Å². The predicted molar refractivity (Wildman–Crippen MR) is 116 cm³/mol. The molecule has 1 aliphatic heterocycles. The number of amides is 2. The van der Waals surface area contributed by atoms with Crippen LogP contribution in [0.15, 0.2) is 54.7 Å². The Morgan fingerprint density at radius 1 is 1.14 bits per heavy atom. The van der Waals surface area contributed by atoms with E-state index in [0.717, 1.165) is 37.3 Å². The number of carbonyl (C=O) groups excluding carboxylic acids is 2. The van der Waals surface area contributed by atoms with Crippen molar-refractivity contribution in [1.82, 2.24) is 15.2 Å². The number of carbonyl (C=O) groups is 2.